The Kier molecular flexibility index (Phi) is 5.30. The van der Waals surface area contributed by atoms with Gasteiger partial charge in [0.25, 0.3) is 0 Å². The number of hydrogen-bond donors (Lipinski definition) is 0. The monoisotopic (exact) mass is 320 g/mol. The van der Waals surface area contributed by atoms with E-state index in [-0.39, 0.29) is 5.91 Å². The molecule has 2 aliphatic rings. The largest absolute Gasteiger partial charge is 0.346 e. The molecular weight excluding hydrogens is 292 g/mol. The van der Waals surface area contributed by atoms with Gasteiger partial charge in [0.15, 0.2) is 5.82 Å². The fourth-order valence-electron chi connectivity index (χ4n) is 3.57. The Balaban J connectivity index is 1.40. The van der Waals surface area contributed by atoms with Crippen molar-refractivity contribution in [3.63, 3.8) is 0 Å². The second kappa shape index (κ2) is 7.43. The third kappa shape index (κ3) is 4.31. The van der Waals surface area contributed by atoms with Gasteiger partial charge in [0.1, 0.15) is 0 Å². The summed E-state index contributed by atoms with van der Waals surface area (Å²) in [5.74, 6) is 2.82. The molecule has 6 nitrogen and oxygen atoms in total. The normalized spacial score (nSPS) is 20.4. The summed E-state index contributed by atoms with van der Waals surface area (Å²) in [7, 11) is 1.79. The van der Waals surface area contributed by atoms with E-state index >= 15 is 0 Å². The molecule has 128 valence electrons. The van der Waals surface area contributed by atoms with Crippen LogP contribution in [0.5, 0.6) is 0 Å². The van der Waals surface area contributed by atoms with Gasteiger partial charge in [-0.2, -0.15) is 4.98 Å². The van der Waals surface area contributed by atoms with E-state index in [4.69, 9.17) is 4.52 Å². The van der Waals surface area contributed by atoms with E-state index < -0.39 is 0 Å². The molecule has 1 amide bonds. The highest BCUT2D eigenvalue weighted by Crippen LogP contribution is 2.30. The highest BCUT2D eigenvalue weighted by Gasteiger charge is 2.33. The van der Waals surface area contributed by atoms with Gasteiger partial charge in [-0.25, -0.2) is 0 Å². The number of aromatic nitrogens is 2. The smallest absolute Gasteiger partial charge is 0.232 e. The number of nitrogens with zero attached hydrogens (tertiary/aromatic N) is 4. The molecule has 3 rings (SSSR count). The van der Waals surface area contributed by atoms with Crippen molar-refractivity contribution in [2.24, 2.45) is 5.92 Å². The van der Waals surface area contributed by atoms with Crippen LogP contribution in [-0.2, 0) is 11.2 Å². The molecule has 0 bridgehead atoms. The molecular formula is C17H28N4O2. The highest BCUT2D eigenvalue weighted by molar-refractivity contribution is 5.72. The van der Waals surface area contributed by atoms with E-state index in [0.29, 0.717) is 24.7 Å². The van der Waals surface area contributed by atoms with Crippen molar-refractivity contribution in [1.29, 1.82) is 0 Å². The number of rotatable bonds is 6. The Labute approximate surface area is 138 Å². The lowest BCUT2D eigenvalue weighted by atomic mass is 9.87. The minimum atomic E-state index is 0.0612. The zero-order valence-corrected chi connectivity index (χ0v) is 14.3. The third-order valence-electron chi connectivity index (χ3n) is 5.24. The van der Waals surface area contributed by atoms with Crippen molar-refractivity contribution >= 4 is 5.91 Å². The molecule has 0 N–H and O–H groups in total. The first-order valence-electron chi connectivity index (χ1n) is 8.88. The van der Waals surface area contributed by atoms with Gasteiger partial charge in [-0.05, 0) is 18.8 Å². The number of carbonyl (C=O) groups excluding carboxylic acids is 1. The van der Waals surface area contributed by atoms with Gasteiger partial charge in [-0.3, -0.25) is 4.79 Å². The average molecular weight is 320 g/mol. The van der Waals surface area contributed by atoms with Crippen LogP contribution in [0, 0.1) is 5.92 Å². The van der Waals surface area contributed by atoms with Crippen LogP contribution in [0.1, 0.15) is 56.7 Å². The van der Waals surface area contributed by atoms with Crippen LogP contribution in [0.4, 0.5) is 0 Å². The average Bonchev–Trinajstić information content (AvgIpc) is 2.97. The predicted octanol–water partition coefficient (Wildman–Crippen LogP) is 2.07. The minimum absolute atomic E-state index is 0.0612. The molecule has 1 saturated carbocycles. The maximum absolute atomic E-state index is 11.2. The van der Waals surface area contributed by atoms with E-state index in [2.05, 4.69) is 15.0 Å². The van der Waals surface area contributed by atoms with Crippen LogP contribution >= 0.6 is 0 Å². The van der Waals surface area contributed by atoms with Crippen molar-refractivity contribution in [3.05, 3.63) is 11.7 Å². The summed E-state index contributed by atoms with van der Waals surface area (Å²) >= 11 is 0. The number of likely N-dealkylation sites (tertiary alicyclic amines) is 1. The lowest BCUT2D eigenvalue weighted by molar-refractivity contribution is -0.127. The van der Waals surface area contributed by atoms with E-state index in [1.54, 1.807) is 18.9 Å². The fraction of sp³-hybridized carbons (Fsp3) is 0.824. The molecule has 0 unspecified atom stereocenters. The Morgan fingerprint density at radius 2 is 2.04 bits per heavy atom. The van der Waals surface area contributed by atoms with Gasteiger partial charge in [-0.15, -0.1) is 0 Å². The summed E-state index contributed by atoms with van der Waals surface area (Å²) in [6.45, 7) is 5.53. The second-order valence-corrected chi connectivity index (χ2v) is 7.16. The number of likely N-dealkylation sites (N-methyl/N-ethyl adjacent to an activating group) is 1. The van der Waals surface area contributed by atoms with Crippen molar-refractivity contribution in [2.45, 2.75) is 51.4 Å². The second-order valence-electron chi connectivity index (χ2n) is 7.16. The van der Waals surface area contributed by atoms with Crippen LogP contribution < -0.4 is 0 Å². The lowest BCUT2D eigenvalue weighted by Gasteiger charge is -2.40. The van der Waals surface area contributed by atoms with Gasteiger partial charge in [0.2, 0.25) is 11.8 Å². The zero-order valence-electron chi connectivity index (χ0n) is 14.3. The fourth-order valence-corrected chi connectivity index (χ4v) is 3.57. The highest BCUT2D eigenvalue weighted by atomic mass is 16.5. The Morgan fingerprint density at radius 1 is 1.30 bits per heavy atom. The molecule has 6 heteroatoms. The Bertz CT molecular complexity index is 518. The van der Waals surface area contributed by atoms with E-state index in [1.165, 1.54) is 38.6 Å². The summed E-state index contributed by atoms with van der Waals surface area (Å²) in [5.41, 5.74) is 0. The molecule has 1 aromatic rings. The summed E-state index contributed by atoms with van der Waals surface area (Å²) in [5, 5.41) is 4.05. The van der Waals surface area contributed by atoms with Gasteiger partial charge < -0.3 is 14.3 Å². The number of hydrogen-bond acceptors (Lipinski definition) is 5. The molecule has 0 atom stereocenters. The van der Waals surface area contributed by atoms with Gasteiger partial charge in [0.05, 0.1) is 5.92 Å². The molecule has 1 aliphatic heterocycles. The summed E-state index contributed by atoms with van der Waals surface area (Å²) in [6, 6.07) is 0. The van der Waals surface area contributed by atoms with Gasteiger partial charge >= 0.3 is 0 Å². The minimum Gasteiger partial charge on any atom is -0.346 e. The van der Waals surface area contributed by atoms with Gasteiger partial charge in [0, 0.05) is 46.6 Å². The van der Waals surface area contributed by atoms with Crippen molar-refractivity contribution in [1.82, 2.24) is 19.9 Å². The van der Waals surface area contributed by atoms with Gasteiger partial charge in [-0.1, -0.05) is 24.4 Å². The summed E-state index contributed by atoms with van der Waals surface area (Å²) < 4.78 is 5.41. The first-order chi connectivity index (χ1) is 11.1. The first-order valence-corrected chi connectivity index (χ1v) is 8.88. The molecule has 23 heavy (non-hydrogen) atoms. The maximum atomic E-state index is 11.2. The zero-order chi connectivity index (χ0) is 16.2. The number of carbonyl (C=O) groups is 1. The summed E-state index contributed by atoms with van der Waals surface area (Å²) in [6.07, 6.45) is 7.68. The van der Waals surface area contributed by atoms with Crippen LogP contribution in [0.15, 0.2) is 4.52 Å². The molecule has 2 heterocycles. The maximum Gasteiger partial charge on any atom is 0.232 e. The van der Waals surface area contributed by atoms with E-state index in [1.807, 2.05) is 0 Å². The van der Waals surface area contributed by atoms with Crippen LogP contribution in [0.3, 0.4) is 0 Å². The topological polar surface area (TPSA) is 62.5 Å². The number of amides is 1. The molecule has 0 radical (unpaired) electrons. The molecule has 2 fully saturated rings. The van der Waals surface area contributed by atoms with Crippen molar-refractivity contribution in [3.8, 4) is 0 Å². The van der Waals surface area contributed by atoms with Crippen LogP contribution in [-0.4, -0.2) is 59.1 Å². The lowest BCUT2D eigenvalue weighted by Crippen LogP contribution is -2.47. The van der Waals surface area contributed by atoms with Crippen molar-refractivity contribution in [2.75, 3.05) is 33.2 Å². The first kappa shape index (κ1) is 16.4. The molecule has 0 spiro atoms. The SMILES string of the molecule is CC(=O)N(C)CCc1noc(C2CN(CC3CCCCC3)C2)n1. The summed E-state index contributed by atoms with van der Waals surface area (Å²) in [4.78, 5) is 19.9. The molecule has 0 aromatic carbocycles. The Hall–Kier alpha value is -1.43. The van der Waals surface area contributed by atoms with Crippen LogP contribution in [0.25, 0.3) is 0 Å². The molecule has 1 aromatic heterocycles. The van der Waals surface area contributed by atoms with Crippen LogP contribution in [0.2, 0.25) is 0 Å². The third-order valence-corrected chi connectivity index (χ3v) is 5.24. The standard InChI is InChI=1S/C17H28N4O2/c1-13(22)20(2)9-8-16-18-17(23-19-16)15-11-21(12-15)10-14-6-4-3-5-7-14/h14-15H,3-12H2,1-2H3. The Morgan fingerprint density at radius 3 is 2.74 bits per heavy atom. The molecule has 1 aliphatic carbocycles. The molecule has 1 saturated heterocycles. The van der Waals surface area contributed by atoms with E-state index in [9.17, 15) is 4.79 Å². The van der Waals surface area contributed by atoms with Crippen molar-refractivity contribution < 1.29 is 9.32 Å². The quantitative estimate of drug-likeness (QED) is 0.803. The predicted molar refractivity (Wildman–Crippen MR) is 87.1 cm³/mol. The van der Waals surface area contributed by atoms with E-state index in [0.717, 1.165) is 24.9 Å².